The van der Waals surface area contributed by atoms with Crippen molar-refractivity contribution in [1.29, 1.82) is 0 Å². The number of alkyl halides is 2. The van der Waals surface area contributed by atoms with E-state index < -0.39 is 25.1 Å². The summed E-state index contributed by atoms with van der Waals surface area (Å²) >= 11 is 0. The summed E-state index contributed by atoms with van der Waals surface area (Å²) < 4.78 is 30.2. The van der Waals surface area contributed by atoms with E-state index in [0.717, 1.165) is 0 Å². The molecule has 0 spiro atoms. The van der Waals surface area contributed by atoms with Gasteiger partial charge in [0.1, 0.15) is 6.61 Å². The summed E-state index contributed by atoms with van der Waals surface area (Å²) in [6.45, 7) is -0.475. The molecule has 0 aromatic heterocycles. The van der Waals surface area contributed by atoms with Crippen LogP contribution < -0.4 is 5.32 Å². The van der Waals surface area contributed by atoms with E-state index in [1.54, 1.807) is 0 Å². The van der Waals surface area contributed by atoms with Crippen molar-refractivity contribution in [2.45, 2.75) is 5.92 Å². The van der Waals surface area contributed by atoms with Crippen LogP contribution in [0.5, 0.6) is 0 Å². The molecule has 2 N–H and O–H groups in total. The summed E-state index contributed by atoms with van der Waals surface area (Å²) in [4.78, 5) is 12.7. The maximum absolute atomic E-state index is 12.6. The number of aliphatic hydroxyl groups excluding tert-OH is 1. The Hall–Kier alpha value is -0.950. The van der Waals surface area contributed by atoms with Crippen LogP contribution in [0.25, 0.3) is 0 Å². The molecule has 1 saturated heterocycles. The number of halogens is 2. The fourth-order valence-corrected chi connectivity index (χ4v) is 1.14. The first-order valence-corrected chi connectivity index (χ1v) is 4.64. The number of carbonyl (C=O) groups excluding carboxylic acids is 1. The highest BCUT2D eigenvalue weighted by molar-refractivity contribution is 5.74. The molecule has 1 rings (SSSR count). The highest BCUT2D eigenvalue weighted by Crippen LogP contribution is 2.10. The van der Waals surface area contributed by atoms with Gasteiger partial charge in [0.15, 0.2) is 0 Å². The zero-order chi connectivity index (χ0) is 11.3. The van der Waals surface area contributed by atoms with E-state index in [4.69, 9.17) is 9.84 Å². The Morgan fingerprint density at radius 2 is 2.07 bits per heavy atom. The van der Waals surface area contributed by atoms with E-state index in [9.17, 15) is 13.6 Å². The predicted molar refractivity (Wildman–Crippen MR) is 47.8 cm³/mol. The van der Waals surface area contributed by atoms with Gasteiger partial charge >= 0.3 is 6.03 Å². The molecule has 0 aromatic rings. The van der Waals surface area contributed by atoms with Crippen molar-refractivity contribution in [2.24, 2.45) is 0 Å². The molecular formula is C8H14F2N2O3. The molecule has 5 nitrogen and oxygen atoms in total. The fraction of sp³-hybridized carbons (Fsp3) is 0.875. The van der Waals surface area contributed by atoms with Gasteiger partial charge in [-0.05, 0) is 0 Å². The molecule has 0 unspecified atom stereocenters. The highest BCUT2D eigenvalue weighted by Gasteiger charge is 2.29. The first-order valence-electron chi connectivity index (χ1n) is 4.64. The van der Waals surface area contributed by atoms with Gasteiger partial charge in [0, 0.05) is 13.1 Å². The van der Waals surface area contributed by atoms with Crippen molar-refractivity contribution in [3.8, 4) is 0 Å². The number of ether oxygens (including phenoxy) is 1. The van der Waals surface area contributed by atoms with Crippen LogP contribution >= 0.6 is 0 Å². The average molecular weight is 224 g/mol. The summed E-state index contributed by atoms with van der Waals surface area (Å²) in [6, 6.07) is -0.550. The molecule has 15 heavy (non-hydrogen) atoms. The summed E-state index contributed by atoms with van der Waals surface area (Å²) in [5.41, 5.74) is 0. The first kappa shape index (κ1) is 12.1. The highest BCUT2D eigenvalue weighted by atomic mass is 19.3. The summed E-state index contributed by atoms with van der Waals surface area (Å²) in [7, 11) is 0. The van der Waals surface area contributed by atoms with Gasteiger partial charge in [-0.15, -0.1) is 0 Å². The molecule has 88 valence electrons. The van der Waals surface area contributed by atoms with E-state index in [1.165, 1.54) is 4.90 Å². The lowest BCUT2D eigenvalue weighted by Crippen LogP contribution is -2.49. The predicted octanol–water partition coefficient (Wildman–Crippen LogP) is -0.344. The molecule has 0 aromatic carbocycles. The van der Waals surface area contributed by atoms with Crippen LogP contribution in [0.2, 0.25) is 0 Å². The zero-order valence-corrected chi connectivity index (χ0v) is 8.21. The van der Waals surface area contributed by atoms with Crippen molar-refractivity contribution in [3.63, 3.8) is 0 Å². The van der Waals surface area contributed by atoms with Crippen molar-refractivity contribution in [2.75, 3.05) is 39.5 Å². The van der Waals surface area contributed by atoms with Gasteiger partial charge < -0.3 is 20.1 Å². The number of nitrogens with zero attached hydrogens (tertiary/aromatic N) is 1. The van der Waals surface area contributed by atoms with Gasteiger partial charge in [-0.2, -0.15) is 0 Å². The number of hydrogen-bond acceptors (Lipinski definition) is 3. The van der Waals surface area contributed by atoms with Gasteiger partial charge in [0.2, 0.25) is 0 Å². The third-order valence-corrected chi connectivity index (χ3v) is 2.03. The number of aliphatic hydroxyl groups is 1. The minimum Gasteiger partial charge on any atom is -0.390 e. The Balaban J connectivity index is 2.28. The topological polar surface area (TPSA) is 61.8 Å². The summed E-state index contributed by atoms with van der Waals surface area (Å²) in [5, 5.41) is 10.3. The Morgan fingerprint density at radius 3 is 2.60 bits per heavy atom. The number of rotatable bonds is 3. The summed E-state index contributed by atoms with van der Waals surface area (Å²) in [5.74, 6) is -3.26. The largest absolute Gasteiger partial charge is 0.390 e. The second-order valence-electron chi connectivity index (χ2n) is 3.27. The van der Waals surface area contributed by atoms with Crippen LogP contribution in [0, 0.1) is 0 Å². The third kappa shape index (κ3) is 3.96. The van der Waals surface area contributed by atoms with Crippen molar-refractivity contribution in [3.05, 3.63) is 0 Å². The van der Waals surface area contributed by atoms with Crippen LogP contribution in [0.3, 0.4) is 0 Å². The average Bonchev–Trinajstić information content (AvgIpc) is 2.27. The molecule has 0 radical (unpaired) electrons. The molecule has 2 amide bonds. The van der Waals surface area contributed by atoms with E-state index in [0.29, 0.717) is 26.3 Å². The Morgan fingerprint density at radius 1 is 1.47 bits per heavy atom. The van der Waals surface area contributed by atoms with Gasteiger partial charge in [-0.3, -0.25) is 0 Å². The van der Waals surface area contributed by atoms with E-state index in [2.05, 4.69) is 5.32 Å². The number of nitrogens with one attached hydrogen (secondary N) is 1. The first-order chi connectivity index (χ1) is 7.05. The van der Waals surface area contributed by atoms with Crippen LogP contribution in [0.15, 0.2) is 0 Å². The smallest absolute Gasteiger partial charge is 0.317 e. The molecule has 1 heterocycles. The van der Waals surface area contributed by atoms with Crippen LogP contribution in [0.4, 0.5) is 13.6 Å². The number of morpholine rings is 1. The molecule has 0 bridgehead atoms. The second-order valence-corrected chi connectivity index (χ2v) is 3.27. The van der Waals surface area contributed by atoms with Gasteiger partial charge in [0.25, 0.3) is 5.92 Å². The lowest BCUT2D eigenvalue weighted by atomic mass is 10.3. The molecule has 1 fully saturated rings. The molecule has 1 aliphatic rings. The standard InChI is InChI=1S/C8H14F2N2O3/c9-8(10,6-13)5-11-7(14)12-1-3-15-4-2-12/h13H,1-6H2,(H,11,14). The Labute approximate surface area is 86.0 Å². The normalized spacial score (nSPS) is 17.7. The Kier molecular flexibility index (Phi) is 4.22. The van der Waals surface area contributed by atoms with E-state index >= 15 is 0 Å². The van der Waals surface area contributed by atoms with E-state index in [1.807, 2.05) is 0 Å². The molecule has 0 saturated carbocycles. The van der Waals surface area contributed by atoms with E-state index in [-0.39, 0.29) is 0 Å². The lowest BCUT2D eigenvalue weighted by Gasteiger charge is -2.27. The second kappa shape index (κ2) is 5.22. The zero-order valence-electron chi connectivity index (χ0n) is 8.21. The third-order valence-electron chi connectivity index (χ3n) is 2.03. The number of hydrogen-bond donors (Lipinski definition) is 2. The van der Waals surface area contributed by atoms with Gasteiger partial charge in [-0.25, -0.2) is 13.6 Å². The number of carbonyl (C=O) groups is 1. The van der Waals surface area contributed by atoms with Gasteiger partial charge in [-0.1, -0.05) is 0 Å². The monoisotopic (exact) mass is 224 g/mol. The van der Waals surface area contributed by atoms with Crippen LogP contribution in [-0.2, 0) is 4.74 Å². The molecular weight excluding hydrogens is 210 g/mol. The number of urea groups is 1. The van der Waals surface area contributed by atoms with Crippen molar-refractivity contribution < 1.29 is 23.4 Å². The molecule has 0 atom stereocenters. The van der Waals surface area contributed by atoms with Crippen LogP contribution in [-0.4, -0.2) is 61.4 Å². The quantitative estimate of drug-likeness (QED) is 0.689. The molecule has 7 heteroatoms. The van der Waals surface area contributed by atoms with Crippen molar-refractivity contribution >= 4 is 6.03 Å². The number of amides is 2. The minimum absolute atomic E-state index is 0.399. The molecule has 1 aliphatic heterocycles. The van der Waals surface area contributed by atoms with Gasteiger partial charge in [0.05, 0.1) is 19.8 Å². The van der Waals surface area contributed by atoms with Crippen molar-refractivity contribution in [1.82, 2.24) is 10.2 Å². The SMILES string of the molecule is O=C(NCC(F)(F)CO)N1CCOCC1. The molecule has 0 aliphatic carbocycles. The summed E-state index contributed by atoms with van der Waals surface area (Å²) in [6.07, 6.45) is 0. The maximum Gasteiger partial charge on any atom is 0.317 e. The maximum atomic E-state index is 12.6. The van der Waals surface area contributed by atoms with Crippen LogP contribution in [0.1, 0.15) is 0 Å². The minimum atomic E-state index is -3.26. The Bertz CT molecular complexity index is 220. The fourth-order valence-electron chi connectivity index (χ4n) is 1.14. The lowest BCUT2D eigenvalue weighted by molar-refractivity contribution is -0.0466.